The Labute approximate surface area is 295 Å². The first kappa shape index (κ1) is 34.5. The summed E-state index contributed by atoms with van der Waals surface area (Å²) in [7, 11) is 0. The number of carbonyl (C=O) groups is 1. The molecule has 9 heteroatoms. The van der Waals surface area contributed by atoms with Gasteiger partial charge in [-0.3, -0.25) is 9.36 Å². The highest BCUT2D eigenvalue weighted by Gasteiger charge is 2.33. The summed E-state index contributed by atoms with van der Waals surface area (Å²) in [5, 5.41) is 0. The van der Waals surface area contributed by atoms with Crippen molar-refractivity contribution < 1.29 is 23.7 Å². The molecule has 1 aliphatic rings. The fourth-order valence-electron chi connectivity index (χ4n) is 5.70. The highest BCUT2D eigenvalue weighted by Crippen LogP contribution is 2.32. The van der Waals surface area contributed by atoms with E-state index in [1.54, 1.807) is 35.8 Å². The Balaban J connectivity index is 1.25. The van der Waals surface area contributed by atoms with Crippen LogP contribution in [0.1, 0.15) is 57.4 Å². The second-order valence-electron chi connectivity index (χ2n) is 12.8. The largest absolute Gasteiger partial charge is 0.490 e. The molecule has 0 spiro atoms. The fraction of sp³-hybridized carbons (Fsp3) is 0.244. The lowest BCUT2D eigenvalue weighted by atomic mass is 9.87. The molecule has 0 saturated heterocycles. The minimum absolute atomic E-state index is 0.0794. The third-order valence-corrected chi connectivity index (χ3v) is 9.19. The Kier molecular flexibility index (Phi) is 10.3. The van der Waals surface area contributed by atoms with Crippen LogP contribution >= 0.6 is 11.3 Å². The van der Waals surface area contributed by atoms with Crippen molar-refractivity contribution in [3.8, 4) is 23.0 Å². The van der Waals surface area contributed by atoms with E-state index in [4.69, 9.17) is 23.9 Å². The molecule has 50 heavy (non-hydrogen) atoms. The van der Waals surface area contributed by atoms with Gasteiger partial charge in [0.05, 0.1) is 28.5 Å². The van der Waals surface area contributed by atoms with Gasteiger partial charge in [-0.25, -0.2) is 9.79 Å². The van der Waals surface area contributed by atoms with E-state index in [1.165, 1.54) is 16.9 Å². The molecule has 256 valence electrons. The molecule has 6 rings (SSSR count). The molecule has 0 radical (unpaired) electrons. The summed E-state index contributed by atoms with van der Waals surface area (Å²) in [5.41, 5.74) is 3.42. The van der Waals surface area contributed by atoms with Crippen LogP contribution in [0.2, 0.25) is 0 Å². The van der Waals surface area contributed by atoms with E-state index in [1.807, 2.05) is 79.7 Å². The number of rotatable bonds is 11. The monoisotopic (exact) mass is 688 g/mol. The zero-order valence-electron chi connectivity index (χ0n) is 28.8. The van der Waals surface area contributed by atoms with Gasteiger partial charge in [-0.15, -0.1) is 0 Å². The maximum absolute atomic E-state index is 14.1. The molecule has 0 bridgehead atoms. The Morgan fingerprint density at radius 1 is 0.840 bits per heavy atom. The number of carbonyl (C=O) groups excluding carboxylic acids is 1. The average Bonchev–Trinajstić information content (AvgIpc) is 3.41. The third-order valence-electron chi connectivity index (χ3n) is 8.21. The van der Waals surface area contributed by atoms with Gasteiger partial charge in [0.15, 0.2) is 16.3 Å². The highest BCUT2D eigenvalue weighted by molar-refractivity contribution is 7.07. The van der Waals surface area contributed by atoms with Crippen LogP contribution < -0.4 is 33.8 Å². The molecule has 0 amide bonds. The lowest BCUT2D eigenvalue weighted by Crippen LogP contribution is -2.40. The molecule has 1 unspecified atom stereocenters. The van der Waals surface area contributed by atoms with Gasteiger partial charge < -0.3 is 18.9 Å². The molecule has 8 nitrogen and oxygen atoms in total. The van der Waals surface area contributed by atoms with Gasteiger partial charge >= 0.3 is 5.97 Å². The molecule has 0 fully saturated rings. The topological polar surface area (TPSA) is 88.4 Å². The van der Waals surface area contributed by atoms with Crippen LogP contribution in [0.5, 0.6) is 23.0 Å². The van der Waals surface area contributed by atoms with Crippen LogP contribution in [0.15, 0.2) is 124 Å². The quantitative estimate of drug-likeness (QED) is 0.0845. The summed E-state index contributed by atoms with van der Waals surface area (Å²) in [5.74, 6) is 1.79. The Morgan fingerprint density at radius 2 is 1.52 bits per heavy atom. The zero-order chi connectivity index (χ0) is 35.3. The number of ether oxygens (including phenoxy) is 4. The molecule has 2 heterocycles. The summed E-state index contributed by atoms with van der Waals surface area (Å²) < 4.78 is 25.7. The Hall–Kier alpha value is -5.41. The lowest BCUT2D eigenvalue weighted by Gasteiger charge is -2.24. The van der Waals surface area contributed by atoms with Crippen LogP contribution in [-0.2, 0) is 10.2 Å². The number of hydrogen-bond donors (Lipinski definition) is 0. The smallest absolute Gasteiger partial charge is 0.343 e. The van der Waals surface area contributed by atoms with Crippen molar-refractivity contribution in [1.82, 2.24) is 4.57 Å². The second kappa shape index (κ2) is 15.0. The van der Waals surface area contributed by atoms with Crippen molar-refractivity contribution in [2.24, 2.45) is 4.99 Å². The van der Waals surface area contributed by atoms with Gasteiger partial charge in [-0.1, -0.05) is 98.8 Å². The number of benzene rings is 4. The highest BCUT2D eigenvalue weighted by atomic mass is 32.1. The number of thiazole rings is 1. The number of esters is 1. The van der Waals surface area contributed by atoms with Gasteiger partial charge in [-0.05, 0) is 78.4 Å². The first-order valence-electron chi connectivity index (χ1n) is 16.6. The summed E-state index contributed by atoms with van der Waals surface area (Å²) in [6.45, 7) is 11.4. The standard InChI is InChI=1S/C41H40N2O6S/c1-6-46-34-25-28(17-22-33(34)48-24-23-47-31-20-18-30(19-21-31)41(3,4)5)26-35-38(44)43-37(29-13-9-7-10-14-29)36(27(2)42-40(43)50-35)39(45)49-32-15-11-8-12-16-32/h7-22,25-26,37H,6,23-24H2,1-5H3. The fourth-order valence-corrected chi connectivity index (χ4v) is 6.75. The number of hydrogen-bond acceptors (Lipinski definition) is 8. The van der Waals surface area contributed by atoms with Crippen LogP contribution in [-0.4, -0.2) is 30.4 Å². The van der Waals surface area contributed by atoms with Gasteiger partial charge in [0.2, 0.25) is 0 Å². The van der Waals surface area contributed by atoms with Crippen LogP contribution in [0.4, 0.5) is 0 Å². The normalized spacial score (nSPS) is 14.5. The SMILES string of the molecule is CCOc1cc(C=c2sc3n(c2=O)C(c2ccccc2)C(C(=O)Oc2ccccc2)=C(C)N=3)ccc1OCCOc1ccc(C(C)(C)C)cc1. The molecule has 0 aliphatic carbocycles. The van der Waals surface area contributed by atoms with Gasteiger partial charge in [-0.2, -0.15) is 0 Å². The maximum atomic E-state index is 14.1. The van der Waals surface area contributed by atoms with Crippen LogP contribution in [0, 0.1) is 0 Å². The summed E-state index contributed by atoms with van der Waals surface area (Å²) in [6.07, 6.45) is 1.81. The lowest BCUT2D eigenvalue weighted by molar-refractivity contribution is -0.130. The van der Waals surface area contributed by atoms with E-state index in [9.17, 15) is 9.59 Å². The van der Waals surface area contributed by atoms with E-state index in [0.29, 0.717) is 57.7 Å². The van der Waals surface area contributed by atoms with Gasteiger partial charge in [0.1, 0.15) is 24.7 Å². The summed E-state index contributed by atoms with van der Waals surface area (Å²) >= 11 is 1.27. The minimum Gasteiger partial charge on any atom is -0.490 e. The average molecular weight is 689 g/mol. The van der Waals surface area contributed by atoms with Crippen molar-refractivity contribution in [1.29, 1.82) is 0 Å². The number of para-hydroxylation sites is 1. The molecule has 1 aromatic heterocycles. The minimum atomic E-state index is -0.709. The molecule has 4 aromatic carbocycles. The van der Waals surface area contributed by atoms with Crippen LogP contribution in [0.3, 0.4) is 0 Å². The Morgan fingerprint density at radius 3 is 2.20 bits per heavy atom. The molecule has 5 aromatic rings. The number of aromatic nitrogens is 1. The van der Waals surface area contributed by atoms with Crippen molar-refractivity contribution in [2.45, 2.75) is 46.1 Å². The van der Waals surface area contributed by atoms with Gasteiger partial charge in [0.25, 0.3) is 5.56 Å². The van der Waals surface area contributed by atoms with Crippen molar-refractivity contribution in [3.05, 3.63) is 151 Å². The molecular weight excluding hydrogens is 649 g/mol. The number of fused-ring (bicyclic) bond motifs is 1. The zero-order valence-corrected chi connectivity index (χ0v) is 29.7. The third kappa shape index (κ3) is 7.74. The molecule has 0 N–H and O–H groups in total. The molecule has 0 saturated carbocycles. The van der Waals surface area contributed by atoms with E-state index >= 15 is 0 Å². The Bertz CT molecular complexity index is 2180. The maximum Gasteiger partial charge on any atom is 0.343 e. The van der Waals surface area contributed by atoms with E-state index in [-0.39, 0.29) is 11.0 Å². The van der Waals surface area contributed by atoms with Gasteiger partial charge in [0, 0.05) is 0 Å². The van der Waals surface area contributed by atoms with Crippen molar-refractivity contribution >= 4 is 23.4 Å². The van der Waals surface area contributed by atoms with E-state index in [0.717, 1.165) is 16.9 Å². The molecule has 1 aliphatic heterocycles. The van der Waals surface area contributed by atoms with Crippen molar-refractivity contribution in [2.75, 3.05) is 19.8 Å². The number of allylic oxidation sites excluding steroid dienone is 1. The second-order valence-corrected chi connectivity index (χ2v) is 13.8. The predicted molar refractivity (Wildman–Crippen MR) is 196 cm³/mol. The predicted octanol–water partition coefficient (Wildman–Crippen LogP) is 6.99. The number of nitrogens with zero attached hydrogens (tertiary/aromatic N) is 2. The first-order chi connectivity index (χ1) is 24.1. The van der Waals surface area contributed by atoms with Crippen molar-refractivity contribution in [3.63, 3.8) is 0 Å². The molecular formula is C41H40N2O6S. The summed E-state index contributed by atoms with van der Waals surface area (Å²) in [4.78, 5) is 33.0. The first-order valence-corrected chi connectivity index (χ1v) is 17.4. The molecule has 1 atom stereocenters. The van der Waals surface area contributed by atoms with Crippen LogP contribution in [0.25, 0.3) is 6.08 Å². The van der Waals surface area contributed by atoms with E-state index in [2.05, 4.69) is 32.9 Å². The van der Waals surface area contributed by atoms with E-state index < -0.39 is 12.0 Å². The summed E-state index contributed by atoms with van der Waals surface area (Å²) in [6, 6.07) is 31.3.